The van der Waals surface area contributed by atoms with Crippen molar-refractivity contribution in [2.45, 2.75) is 70.6 Å². The summed E-state index contributed by atoms with van der Waals surface area (Å²) < 4.78 is 49.2. The lowest BCUT2D eigenvalue weighted by Gasteiger charge is -2.30. The molecule has 2 fully saturated rings. The Balaban J connectivity index is 1.49. The first-order valence-corrected chi connectivity index (χ1v) is 14.1. The Morgan fingerprint density at radius 1 is 1.20 bits per heavy atom. The molecule has 1 aromatic carbocycles. The molecule has 2 saturated heterocycles. The van der Waals surface area contributed by atoms with Gasteiger partial charge in [0.2, 0.25) is 0 Å². The summed E-state index contributed by atoms with van der Waals surface area (Å²) in [6.45, 7) is 7.84. The van der Waals surface area contributed by atoms with E-state index in [2.05, 4.69) is 22.1 Å². The average molecular weight is 558 g/mol. The van der Waals surface area contributed by atoms with Gasteiger partial charge >= 0.3 is 0 Å². The van der Waals surface area contributed by atoms with Crippen molar-refractivity contribution in [3.63, 3.8) is 0 Å². The monoisotopic (exact) mass is 557 g/mol. The van der Waals surface area contributed by atoms with E-state index in [1.165, 1.54) is 6.07 Å². The molecule has 2 aromatic heterocycles. The molecular formula is C30H38F3N5O2. The molecular weight excluding hydrogens is 519 g/mol. The van der Waals surface area contributed by atoms with Crippen molar-refractivity contribution in [1.82, 2.24) is 19.2 Å². The second-order valence-electron chi connectivity index (χ2n) is 11.4. The fourth-order valence-electron chi connectivity index (χ4n) is 5.97. The number of imidazole rings is 1. The van der Waals surface area contributed by atoms with Gasteiger partial charge in [-0.15, -0.1) is 0 Å². The standard InChI is InChI=1S/C30H38F3N5O2/c1-18(2)37(16-29(32)33)30(39)27-11-22(31)4-7-25(27)26-10-21(14-38-19(3)35-12-28(26)38)20-8-9-36(13-20)15-24-6-5-23(34)17-40-24/h4,7,10-12,14,18,20,23-24,29H,5-6,8-9,13,15-17,34H2,1-3H3/t20?,23-,24+/m1/s1. The maximum Gasteiger partial charge on any atom is 0.255 e. The summed E-state index contributed by atoms with van der Waals surface area (Å²) in [5.41, 5.74) is 9.13. The minimum atomic E-state index is -2.70. The Morgan fingerprint density at radius 3 is 2.70 bits per heavy atom. The molecule has 3 atom stereocenters. The Kier molecular flexibility index (Phi) is 8.49. The number of nitrogens with zero attached hydrogens (tertiary/aromatic N) is 4. The van der Waals surface area contributed by atoms with E-state index in [4.69, 9.17) is 10.5 Å². The van der Waals surface area contributed by atoms with Crippen LogP contribution in [0.2, 0.25) is 0 Å². The van der Waals surface area contributed by atoms with Gasteiger partial charge in [0.15, 0.2) is 0 Å². The Hall–Kier alpha value is -2.95. The third-order valence-electron chi connectivity index (χ3n) is 8.18. The van der Waals surface area contributed by atoms with Crippen LogP contribution in [-0.4, -0.2) is 82.5 Å². The van der Waals surface area contributed by atoms with E-state index >= 15 is 0 Å². The normalized spacial score (nSPS) is 22.1. The fourth-order valence-corrected chi connectivity index (χ4v) is 5.97. The van der Waals surface area contributed by atoms with Gasteiger partial charge in [-0.25, -0.2) is 18.2 Å². The second kappa shape index (κ2) is 11.9. The summed E-state index contributed by atoms with van der Waals surface area (Å²) in [6.07, 6.45) is 4.23. The number of pyridine rings is 1. The van der Waals surface area contributed by atoms with Gasteiger partial charge < -0.3 is 24.7 Å². The van der Waals surface area contributed by atoms with Crippen molar-refractivity contribution >= 4 is 11.4 Å². The average Bonchev–Trinajstić information content (AvgIpc) is 3.54. The Morgan fingerprint density at radius 2 is 2.00 bits per heavy atom. The van der Waals surface area contributed by atoms with Crippen LogP contribution in [-0.2, 0) is 4.74 Å². The first-order chi connectivity index (χ1) is 19.1. The van der Waals surface area contributed by atoms with Gasteiger partial charge in [0, 0.05) is 36.9 Å². The molecule has 0 bridgehead atoms. The summed E-state index contributed by atoms with van der Waals surface area (Å²) in [4.78, 5) is 21.6. The van der Waals surface area contributed by atoms with Crippen LogP contribution in [0.25, 0.3) is 16.6 Å². The summed E-state index contributed by atoms with van der Waals surface area (Å²) in [5, 5.41) is 0. The molecule has 10 heteroatoms. The zero-order valence-electron chi connectivity index (χ0n) is 23.3. The first kappa shape index (κ1) is 28.6. The summed E-state index contributed by atoms with van der Waals surface area (Å²) >= 11 is 0. The molecule has 7 nitrogen and oxygen atoms in total. The number of aryl methyl sites for hydroxylation is 1. The Labute approximate surface area is 233 Å². The number of hydrogen-bond acceptors (Lipinski definition) is 5. The lowest BCUT2D eigenvalue weighted by Crippen LogP contribution is -2.41. The molecule has 0 aliphatic carbocycles. The first-order valence-electron chi connectivity index (χ1n) is 14.1. The highest BCUT2D eigenvalue weighted by atomic mass is 19.3. The number of carbonyl (C=O) groups is 1. The van der Waals surface area contributed by atoms with Gasteiger partial charge in [0.1, 0.15) is 11.6 Å². The van der Waals surface area contributed by atoms with Crippen LogP contribution in [0.1, 0.15) is 60.8 Å². The number of ether oxygens (including phenoxy) is 1. The van der Waals surface area contributed by atoms with Crippen molar-refractivity contribution in [3.8, 4) is 11.1 Å². The van der Waals surface area contributed by atoms with Crippen LogP contribution < -0.4 is 5.73 Å². The van der Waals surface area contributed by atoms with E-state index in [0.29, 0.717) is 12.2 Å². The molecule has 2 N–H and O–H groups in total. The predicted octanol–water partition coefficient (Wildman–Crippen LogP) is 4.86. The molecule has 2 aliphatic rings. The molecule has 2 aliphatic heterocycles. The minimum absolute atomic E-state index is 0.0629. The number of alkyl halides is 2. The van der Waals surface area contributed by atoms with Crippen LogP contribution in [0.4, 0.5) is 13.2 Å². The van der Waals surface area contributed by atoms with Crippen LogP contribution >= 0.6 is 0 Å². The van der Waals surface area contributed by atoms with E-state index in [0.717, 1.165) is 72.3 Å². The molecule has 40 heavy (non-hydrogen) atoms. The smallest absolute Gasteiger partial charge is 0.255 e. The van der Waals surface area contributed by atoms with Crippen molar-refractivity contribution < 1.29 is 22.7 Å². The van der Waals surface area contributed by atoms with E-state index in [1.54, 1.807) is 26.1 Å². The maximum absolute atomic E-state index is 14.5. The minimum Gasteiger partial charge on any atom is -0.375 e. The third kappa shape index (κ3) is 6.04. The molecule has 0 spiro atoms. The molecule has 3 aromatic rings. The number of hydrogen-bond donors (Lipinski definition) is 1. The van der Waals surface area contributed by atoms with E-state index in [1.807, 2.05) is 11.3 Å². The largest absolute Gasteiger partial charge is 0.375 e. The van der Waals surface area contributed by atoms with Crippen molar-refractivity contribution in [2.24, 2.45) is 5.73 Å². The molecule has 1 unspecified atom stereocenters. The topological polar surface area (TPSA) is 76.1 Å². The van der Waals surface area contributed by atoms with Crippen LogP contribution in [0.5, 0.6) is 0 Å². The van der Waals surface area contributed by atoms with Crippen molar-refractivity contribution in [3.05, 3.63) is 59.4 Å². The number of rotatable bonds is 8. The summed E-state index contributed by atoms with van der Waals surface area (Å²) in [6, 6.07) is 5.72. The van der Waals surface area contributed by atoms with Crippen LogP contribution in [0.3, 0.4) is 0 Å². The number of aromatic nitrogens is 2. The quantitative estimate of drug-likeness (QED) is 0.428. The van der Waals surface area contributed by atoms with Gasteiger partial charge in [0.05, 0.1) is 36.5 Å². The number of benzene rings is 1. The van der Waals surface area contributed by atoms with Crippen LogP contribution in [0.15, 0.2) is 36.7 Å². The highest BCUT2D eigenvalue weighted by Gasteiger charge is 2.30. The molecule has 216 valence electrons. The second-order valence-corrected chi connectivity index (χ2v) is 11.4. The van der Waals surface area contributed by atoms with Crippen molar-refractivity contribution in [1.29, 1.82) is 0 Å². The molecule has 0 radical (unpaired) electrons. The summed E-state index contributed by atoms with van der Waals surface area (Å²) in [5.74, 6) is -0.177. The van der Waals surface area contributed by atoms with E-state index < -0.39 is 30.7 Å². The van der Waals surface area contributed by atoms with Gasteiger partial charge in [0.25, 0.3) is 12.3 Å². The number of nitrogens with two attached hydrogens (primary N) is 1. The zero-order chi connectivity index (χ0) is 28.6. The third-order valence-corrected chi connectivity index (χ3v) is 8.18. The van der Waals surface area contributed by atoms with Gasteiger partial charge in [-0.1, -0.05) is 6.07 Å². The van der Waals surface area contributed by atoms with Crippen LogP contribution in [0, 0.1) is 12.7 Å². The zero-order valence-corrected chi connectivity index (χ0v) is 23.3. The predicted molar refractivity (Wildman–Crippen MR) is 148 cm³/mol. The lowest BCUT2D eigenvalue weighted by molar-refractivity contribution is -0.0112. The van der Waals surface area contributed by atoms with Gasteiger partial charge in [-0.2, -0.15) is 0 Å². The SMILES string of the molecule is Cc1ncc2c(-c3ccc(F)cc3C(=O)N(CC(F)F)C(C)C)cc(C3CCN(C[C@@H]4CC[C@@H](N)CO4)C3)cn12. The molecule has 4 heterocycles. The van der Waals surface area contributed by atoms with E-state index in [9.17, 15) is 18.0 Å². The molecule has 0 saturated carbocycles. The van der Waals surface area contributed by atoms with Crippen molar-refractivity contribution in [2.75, 3.05) is 32.8 Å². The maximum atomic E-state index is 14.5. The van der Waals surface area contributed by atoms with Gasteiger partial charge in [-0.05, 0) is 81.8 Å². The number of likely N-dealkylation sites (tertiary alicyclic amines) is 1. The number of carbonyl (C=O) groups excluding carboxylic acids is 1. The number of amides is 1. The lowest BCUT2D eigenvalue weighted by atomic mass is 9.93. The molecule has 1 amide bonds. The van der Waals surface area contributed by atoms with Gasteiger partial charge in [-0.3, -0.25) is 4.79 Å². The number of halogens is 3. The fraction of sp³-hybridized carbons (Fsp3) is 0.533. The highest BCUT2D eigenvalue weighted by molar-refractivity contribution is 6.03. The number of fused-ring (bicyclic) bond motifs is 1. The molecule has 5 rings (SSSR count). The highest BCUT2D eigenvalue weighted by Crippen LogP contribution is 2.36. The Bertz CT molecular complexity index is 1350. The summed E-state index contributed by atoms with van der Waals surface area (Å²) in [7, 11) is 0. The van der Waals surface area contributed by atoms with E-state index in [-0.39, 0.29) is 23.6 Å².